The number of piperidine rings is 1. The van der Waals surface area contributed by atoms with E-state index in [1.165, 1.54) is 12.1 Å². The molecule has 1 aliphatic heterocycles. The van der Waals surface area contributed by atoms with Crippen molar-refractivity contribution in [2.75, 3.05) is 32.8 Å². The highest BCUT2D eigenvalue weighted by molar-refractivity contribution is 6.31. The lowest BCUT2D eigenvalue weighted by molar-refractivity contribution is 0.0433. The minimum atomic E-state index is -1.38. The SMILES string of the molecule is O=C(c1ccc(F)c(Cl)c1)N1CCC(F)(CNCCOc2ccc(Cl)cc2)CC1. The molecule has 1 amide bonds. The summed E-state index contributed by atoms with van der Waals surface area (Å²) in [5.41, 5.74) is -1.07. The normalized spacial score (nSPS) is 15.9. The van der Waals surface area contributed by atoms with Gasteiger partial charge in [-0.25, -0.2) is 8.78 Å². The van der Waals surface area contributed by atoms with E-state index in [0.29, 0.717) is 42.6 Å². The van der Waals surface area contributed by atoms with Gasteiger partial charge in [-0.2, -0.15) is 0 Å². The molecular weight excluding hydrogens is 421 g/mol. The Balaban J connectivity index is 1.40. The van der Waals surface area contributed by atoms with E-state index in [1.54, 1.807) is 29.2 Å². The zero-order valence-electron chi connectivity index (χ0n) is 15.8. The van der Waals surface area contributed by atoms with E-state index in [1.807, 2.05) is 0 Å². The number of likely N-dealkylation sites (tertiary alicyclic amines) is 1. The maximum atomic E-state index is 15.0. The Morgan fingerprint density at radius 3 is 2.48 bits per heavy atom. The summed E-state index contributed by atoms with van der Waals surface area (Å²) in [7, 11) is 0. The van der Waals surface area contributed by atoms with Gasteiger partial charge in [0.2, 0.25) is 0 Å². The average Bonchev–Trinajstić information content (AvgIpc) is 2.71. The molecule has 0 spiro atoms. The molecule has 0 bridgehead atoms. The molecule has 1 fully saturated rings. The summed E-state index contributed by atoms with van der Waals surface area (Å²) in [6.45, 7) is 1.71. The van der Waals surface area contributed by atoms with Gasteiger partial charge in [-0.15, -0.1) is 0 Å². The van der Waals surface area contributed by atoms with Gasteiger partial charge in [0.15, 0.2) is 0 Å². The highest BCUT2D eigenvalue weighted by atomic mass is 35.5. The summed E-state index contributed by atoms with van der Waals surface area (Å²) < 4.78 is 33.8. The second kappa shape index (κ2) is 9.74. The van der Waals surface area contributed by atoms with Crippen LogP contribution in [0.15, 0.2) is 42.5 Å². The quantitative estimate of drug-likeness (QED) is 0.629. The number of amides is 1. The largest absolute Gasteiger partial charge is 0.492 e. The maximum Gasteiger partial charge on any atom is 0.253 e. The molecule has 2 aromatic carbocycles. The Morgan fingerprint density at radius 2 is 1.83 bits per heavy atom. The Bertz CT molecular complexity index is 841. The van der Waals surface area contributed by atoms with E-state index in [-0.39, 0.29) is 30.3 Å². The number of nitrogens with zero attached hydrogens (tertiary/aromatic N) is 1. The van der Waals surface area contributed by atoms with Gasteiger partial charge >= 0.3 is 0 Å². The molecule has 1 saturated heterocycles. The fourth-order valence-corrected chi connectivity index (χ4v) is 3.49. The molecule has 3 rings (SSSR count). The van der Waals surface area contributed by atoms with E-state index in [2.05, 4.69) is 5.32 Å². The first-order valence-electron chi connectivity index (χ1n) is 9.39. The molecule has 4 nitrogen and oxygen atoms in total. The number of alkyl halides is 1. The van der Waals surface area contributed by atoms with Crippen molar-refractivity contribution >= 4 is 29.1 Å². The van der Waals surface area contributed by atoms with Crippen LogP contribution in [0.1, 0.15) is 23.2 Å². The molecule has 2 aromatic rings. The van der Waals surface area contributed by atoms with Gasteiger partial charge in [0, 0.05) is 49.6 Å². The molecule has 29 heavy (non-hydrogen) atoms. The number of carbonyl (C=O) groups excluding carboxylic acids is 1. The van der Waals surface area contributed by atoms with Crippen LogP contribution in [0.25, 0.3) is 0 Å². The van der Waals surface area contributed by atoms with E-state index in [0.717, 1.165) is 6.07 Å². The van der Waals surface area contributed by atoms with E-state index in [4.69, 9.17) is 27.9 Å². The molecule has 1 N–H and O–H groups in total. The number of hydrogen-bond acceptors (Lipinski definition) is 3. The smallest absolute Gasteiger partial charge is 0.253 e. The minimum absolute atomic E-state index is 0.0993. The highest BCUT2D eigenvalue weighted by Crippen LogP contribution is 2.27. The number of benzene rings is 2. The Kier molecular flexibility index (Phi) is 7.33. The van der Waals surface area contributed by atoms with Gasteiger partial charge in [0.1, 0.15) is 23.8 Å². The van der Waals surface area contributed by atoms with Gasteiger partial charge < -0.3 is 15.0 Å². The zero-order chi connectivity index (χ0) is 20.9. The number of ether oxygens (including phenoxy) is 1. The summed E-state index contributed by atoms with van der Waals surface area (Å²) in [5.74, 6) is -0.132. The average molecular weight is 443 g/mol. The number of nitrogens with one attached hydrogen (secondary N) is 1. The number of halogens is 4. The van der Waals surface area contributed by atoms with Crippen molar-refractivity contribution in [2.45, 2.75) is 18.5 Å². The van der Waals surface area contributed by atoms with Crippen LogP contribution in [-0.4, -0.2) is 49.3 Å². The summed E-state index contributed by atoms with van der Waals surface area (Å²) in [5, 5.41) is 3.62. The fourth-order valence-electron chi connectivity index (χ4n) is 3.18. The Labute approximate surface area is 178 Å². The summed E-state index contributed by atoms with van der Waals surface area (Å²) in [6.07, 6.45) is 0.470. The van der Waals surface area contributed by atoms with Crippen LogP contribution in [0.4, 0.5) is 8.78 Å². The van der Waals surface area contributed by atoms with Crippen LogP contribution in [-0.2, 0) is 0 Å². The van der Waals surface area contributed by atoms with E-state index in [9.17, 15) is 13.6 Å². The lowest BCUT2D eigenvalue weighted by Crippen LogP contribution is -2.49. The second-order valence-corrected chi connectivity index (χ2v) is 7.89. The van der Waals surface area contributed by atoms with Crippen LogP contribution in [0.3, 0.4) is 0 Å². The van der Waals surface area contributed by atoms with Crippen molar-refractivity contribution in [1.82, 2.24) is 10.2 Å². The molecule has 0 aromatic heterocycles. The van der Waals surface area contributed by atoms with Crippen LogP contribution >= 0.6 is 23.2 Å². The minimum Gasteiger partial charge on any atom is -0.492 e. The first-order chi connectivity index (χ1) is 13.9. The first kappa shape index (κ1) is 21.8. The van der Waals surface area contributed by atoms with Gasteiger partial charge in [-0.1, -0.05) is 23.2 Å². The van der Waals surface area contributed by atoms with Crippen LogP contribution in [0.2, 0.25) is 10.0 Å². The third kappa shape index (κ3) is 6.04. The third-order valence-electron chi connectivity index (χ3n) is 4.92. The zero-order valence-corrected chi connectivity index (χ0v) is 17.3. The summed E-state index contributed by atoms with van der Waals surface area (Å²) in [6, 6.07) is 10.9. The third-order valence-corrected chi connectivity index (χ3v) is 5.46. The van der Waals surface area contributed by atoms with Crippen LogP contribution in [0, 0.1) is 5.82 Å². The fraction of sp³-hybridized carbons (Fsp3) is 0.381. The molecular formula is C21H22Cl2F2N2O2. The summed E-state index contributed by atoms with van der Waals surface area (Å²) >= 11 is 11.6. The van der Waals surface area contributed by atoms with Crippen LogP contribution < -0.4 is 10.1 Å². The number of rotatable bonds is 7. The van der Waals surface area contributed by atoms with E-state index >= 15 is 0 Å². The van der Waals surface area contributed by atoms with Crippen molar-refractivity contribution in [3.63, 3.8) is 0 Å². The van der Waals surface area contributed by atoms with Gasteiger partial charge in [-0.3, -0.25) is 4.79 Å². The van der Waals surface area contributed by atoms with Crippen LogP contribution in [0.5, 0.6) is 5.75 Å². The second-order valence-electron chi connectivity index (χ2n) is 7.05. The standard InChI is InChI=1S/C21H22Cl2F2N2O2/c22-16-2-4-17(5-3-16)29-12-9-26-14-21(25)7-10-27(11-8-21)20(28)15-1-6-19(24)18(23)13-15/h1-6,13,26H,7-12,14H2. The lowest BCUT2D eigenvalue weighted by Gasteiger charge is -2.36. The number of hydrogen-bond donors (Lipinski definition) is 1. The molecule has 1 aliphatic rings. The predicted molar refractivity (Wildman–Crippen MR) is 110 cm³/mol. The van der Waals surface area contributed by atoms with Crippen molar-refractivity contribution in [3.05, 3.63) is 63.9 Å². The molecule has 8 heteroatoms. The molecule has 0 aliphatic carbocycles. The predicted octanol–water partition coefficient (Wildman–Crippen LogP) is 4.75. The lowest BCUT2D eigenvalue weighted by atomic mass is 9.93. The molecule has 0 saturated carbocycles. The monoisotopic (exact) mass is 442 g/mol. The van der Waals surface area contributed by atoms with Crippen molar-refractivity contribution < 1.29 is 18.3 Å². The molecule has 156 valence electrons. The van der Waals surface area contributed by atoms with Crippen molar-refractivity contribution in [1.29, 1.82) is 0 Å². The molecule has 0 unspecified atom stereocenters. The van der Waals surface area contributed by atoms with Crippen molar-refractivity contribution in [3.8, 4) is 5.75 Å². The van der Waals surface area contributed by atoms with Crippen molar-refractivity contribution in [2.24, 2.45) is 0 Å². The maximum absolute atomic E-state index is 15.0. The van der Waals surface area contributed by atoms with Gasteiger partial charge in [0.25, 0.3) is 5.91 Å². The molecule has 1 heterocycles. The Hall–Kier alpha value is -1.89. The molecule has 0 radical (unpaired) electrons. The summed E-state index contributed by atoms with van der Waals surface area (Å²) in [4.78, 5) is 14.1. The Morgan fingerprint density at radius 1 is 1.14 bits per heavy atom. The number of carbonyl (C=O) groups is 1. The van der Waals surface area contributed by atoms with E-state index < -0.39 is 11.5 Å². The topological polar surface area (TPSA) is 41.6 Å². The van der Waals surface area contributed by atoms with Gasteiger partial charge in [-0.05, 0) is 42.5 Å². The van der Waals surface area contributed by atoms with Gasteiger partial charge in [0.05, 0.1) is 5.02 Å². The first-order valence-corrected chi connectivity index (χ1v) is 10.1. The molecule has 0 atom stereocenters. The highest BCUT2D eigenvalue weighted by Gasteiger charge is 2.35.